The summed E-state index contributed by atoms with van der Waals surface area (Å²) in [5.74, 6) is 1.15. The number of ketones is 1. The van der Waals surface area contributed by atoms with Gasteiger partial charge >= 0.3 is 0 Å². The molecule has 1 aromatic rings. The number of carbonyl (C=O) groups is 2. The number of ether oxygens (including phenoxy) is 2. The van der Waals surface area contributed by atoms with Gasteiger partial charge in [-0.3, -0.25) is 14.5 Å². The van der Waals surface area contributed by atoms with E-state index in [9.17, 15) is 9.59 Å². The largest absolute Gasteiger partial charge is 0.493 e. The number of methoxy groups -OCH3 is 2. The van der Waals surface area contributed by atoms with Crippen LogP contribution < -0.4 is 9.47 Å². The van der Waals surface area contributed by atoms with Crippen molar-refractivity contribution < 1.29 is 19.1 Å². The Morgan fingerprint density at radius 2 is 1.70 bits per heavy atom. The average Bonchev–Trinajstić information content (AvgIpc) is 3.50. The van der Waals surface area contributed by atoms with Gasteiger partial charge in [-0.1, -0.05) is 0 Å². The first-order valence-electron chi connectivity index (χ1n) is 9.89. The molecule has 0 N–H and O–H groups in total. The van der Waals surface area contributed by atoms with Crippen molar-refractivity contribution in [2.24, 2.45) is 0 Å². The Balaban J connectivity index is 1.52. The molecule has 0 spiro atoms. The van der Waals surface area contributed by atoms with Crippen LogP contribution in [0.3, 0.4) is 0 Å². The lowest BCUT2D eigenvalue weighted by molar-refractivity contribution is -0.131. The highest BCUT2D eigenvalue weighted by Crippen LogP contribution is 2.29. The Labute approximate surface area is 161 Å². The van der Waals surface area contributed by atoms with Gasteiger partial charge in [-0.2, -0.15) is 0 Å². The third-order valence-electron chi connectivity index (χ3n) is 5.47. The molecule has 0 atom stereocenters. The summed E-state index contributed by atoms with van der Waals surface area (Å²) in [7, 11) is 3.11. The summed E-state index contributed by atoms with van der Waals surface area (Å²) in [5, 5.41) is 0. The summed E-state index contributed by atoms with van der Waals surface area (Å²) in [6.45, 7) is 3.70. The summed E-state index contributed by atoms with van der Waals surface area (Å²) in [6.07, 6.45) is 5.26. The monoisotopic (exact) mass is 374 g/mol. The Bertz CT molecular complexity index is 672. The average molecular weight is 374 g/mol. The van der Waals surface area contributed by atoms with E-state index in [0.717, 1.165) is 45.1 Å². The first-order valence-corrected chi connectivity index (χ1v) is 9.89. The second-order valence-corrected chi connectivity index (χ2v) is 7.35. The predicted molar refractivity (Wildman–Crippen MR) is 104 cm³/mol. The van der Waals surface area contributed by atoms with Crippen molar-refractivity contribution >= 4 is 11.7 Å². The van der Waals surface area contributed by atoms with Crippen molar-refractivity contribution in [2.45, 2.75) is 44.6 Å². The number of carbonyl (C=O) groups excluding carboxylic acids is 2. The highest BCUT2D eigenvalue weighted by Gasteiger charge is 2.30. The van der Waals surface area contributed by atoms with Gasteiger partial charge in [-0.05, 0) is 50.4 Å². The minimum absolute atomic E-state index is 0.0454. The van der Waals surface area contributed by atoms with Crippen LogP contribution in [0, 0.1) is 0 Å². The van der Waals surface area contributed by atoms with E-state index in [2.05, 4.69) is 4.90 Å². The standard InChI is InChI=1S/C21H30N2O4/c1-26-19-9-5-16(15-20(19)27-2)18(24)8-10-21(25)23-12-4-3-11-22(13-14-23)17-6-7-17/h5,9,15,17H,3-4,6-8,10-14H2,1-2H3. The lowest BCUT2D eigenvalue weighted by Crippen LogP contribution is -2.42. The Morgan fingerprint density at radius 1 is 0.963 bits per heavy atom. The molecule has 148 valence electrons. The highest BCUT2D eigenvalue weighted by atomic mass is 16.5. The normalized spacial score (nSPS) is 18.5. The highest BCUT2D eigenvalue weighted by molar-refractivity contribution is 5.98. The van der Waals surface area contributed by atoms with Gasteiger partial charge in [-0.15, -0.1) is 0 Å². The van der Waals surface area contributed by atoms with E-state index in [0.29, 0.717) is 17.1 Å². The molecule has 1 heterocycles. The molecule has 0 aromatic heterocycles. The molecule has 1 aromatic carbocycles. The molecule has 0 unspecified atom stereocenters. The van der Waals surface area contributed by atoms with Crippen LogP contribution in [-0.4, -0.2) is 67.9 Å². The van der Waals surface area contributed by atoms with Crippen LogP contribution in [0.2, 0.25) is 0 Å². The van der Waals surface area contributed by atoms with Crippen molar-refractivity contribution in [1.82, 2.24) is 9.80 Å². The molecule has 0 bridgehead atoms. The molecule has 1 saturated carbocycles. The minimum Gasteiger partial charge on any atom is -0.493 e. The number of benzene rings is 1. The van der Waals surface area contributed by atoms with Crippen LogP contribution in [0.1, 0.15) is 48.9 Å². The molecule has 0 radical (unpaired) electrons. The predicted octanol–water partition coefficient (Wildman–Crippen LogP) is 2.75. The lowest BCUT2D eigenvalue weighted by Gasteiger charge is -2.31. The van der Waals surface area contributed by atoms with E-state index in [1.165, 1.54) is 12.8 Å². The summed E-state index contributed by atoms with van der Waals surface area (Å²) in [5.41, 5.74) is 0.549. The van der Waals surface area contributed by atoms with Gasteiger partial charge in [0.2, 0.25) is 5.91 Å². The summed E-state index contributed by atoms with van der Waals surface area (Å²) in [4.78, 5) is 29.6. The number of hydrogen-bond donors (Lipinski definition) is 0. The molecular formula is C21H30N2O4. The molecule has 27 heavy (non-hydrogen) atoms. The van der Waals surface area contributed by atoms with Gasteiger partial charge in [0.15, 0.2) is 17.3 Å². The molecule has 1 aliphatic heterocycles. The molecular weight excluding hydrogens is 344 g/mol. The topological polar surface area (TPSA) is 59.1 Å². The van der Waals surface area contributed by atoms with E-state index in [1.807, 2.05) is 4.90 Å². The first-order chi connectivity index (χ1) is 13.1. The number of amides is 1. The summed E-state index contributed by atoms with van der Waals surface area (Å²) >= 11 is 0. The number of rotatable bonds is 7. The maximum atomic E-state index is 12.6. The number of nitrogens with zero attached hydrogens (tertiary/aromatic N) is 2. The van der Waals surface area contributed by atoms with Gasteiger partial charge in [0.05, 0.1) is 14.2 Å². The van der Waals surface area contributed by atoms with Crippen molar-refractivity contribution in [3.05, 3.63) is 23.8 Å². The van der Waals surface area contributed by atoms with Gasteiger partial charge in [-0.25, -0.2) is 0 Å². The fraction of sp³-hybridized carbons (Fsp3) is 0.619. The van der Waals surface area contributed by atoms with Gasteiger partial charge < -0.3 is 14.4 Å². The van der Waals surface area contributed by atoms with Crippen LogP contribution >= 0.6 is 0 Å². The van der Waals surface area contributed by atoms with Gasteiger partial charge in [0.25, 0.3) is 0 Å². The zero-order chi connectivity index (χ0) is 19.2. The molecule has 1 aliphatic carbocycles. The van der Waals surface area contributed by atoms with Crippen molar-refractivity contribution in [2.75, 3.05) is 40.4 Å². The Hall–Kier alpha value is -2.08. The van der Waals surface area contributed by atoms with Gasteiger partial charge in [0.1, 0.15) is 0 Å². The third-order valence-corrected chi connectivity index (χ3v) is 5.47. The van der Waals surface area contributed by atoms with E-state index in [1.54, 1.807) is 32.4 Å². The number of hydrogen-bond acceptors (Lipinski definition) is 5. The summed E-state index contributed by atoms with van der Waals surface area (Å²) in [6, 6.07) is 5.86. The molecule has 6 nitrogen and oxygen atoms in total. The zero-order valence-corrected chi connectivity index (χ0v) is 16.4. The first kappa shape index (κ1) is 19.7. The molecule has 2 aliphatic rings. The second kappa shape index (κ2) is 9.22. The lowest BCUT2D eigenvalue weighted by atomic mass is 10.1. The zero-order valence-electron chi connectivity index (χ0n) is 16.4. The van der Waals surface area contributed by atoms with Crippen molar-refractivity contribution in [3.8, 4) is 11.5 Å². The van der Waals surface area contributed by atoms with Crippen LogP contribution in [-0.2, 0) is 4.79 Å². The molecule has 2 fully saturated rings. The molecule has 3 rings (SSSR count). The van der Waals surface area contributed by atoms with Crippen molar-refractivity contribution in [1.29, 1.82) is 0 Å². The molecule has 6 heteroatoms. The van der Waals surface area contributed by atoms with Gasteiger partial charge in [0, 0.05) is 44.1 Å². The quantitative estimate of drug-likeness (QED) is 0.687. The smallest absolute Gasteiger partial charge is 0.223 e. The fourth-order valence-electron chi connectivity index (χ4n) is 3.68. The summed E-state index contributed by atoms with van der Waals surface area (Å²) < 4.78 is 10.5. The SMILES string of the molecule is COc1ccc(C(=O)CCC(=O)N2CCCCN(C3CC3)CC2)cc1OC. The third kappa shape index (κ3) is 5.22. The van der Waals surface area contributed by atoms with Crippen LogP contribution in [0.25, 0.3) is 0 Å². The second-order valence-electron chi connectivity index (χ2n) is 7.35. The number of Topliss-reactive ketones (excluding diaryl/α,β-unsaturated/α-hetero) is 1. The van der Waals surface area contributed by atoms with Crippen LogP contribution in [0.5, 0.6) is 11.5 Å². The molecule has 1 saturated heterocycles. The maximum absolute atomic E-state index is 12.6. The van der Waals surface area contributed by atoms with Crippen LogP contribution in [0.15, 0.2) is 18.2 Å². The minimum atomic E-state index is -0.0454. The van der Waals surface area contributed by atoms with E-state index < -0.39 is 0 Å². The van der Waals surface area contributed by atoms with Crippen molar-refractivity contribution in [3.63, 3.8) is 0 Å². The van der Waals surface area contributed by atoms with Crippen LogP contribution in [0.4, 0.5) is 0 Å². The van der Waals surface area contributed by atoms with E-state index >= 15 is 0 Å². The van der Waals surface area contributed by atoms with E-state index in [4.69, 9.17) is 9.47 Å². The fourth-order valence-corrected chi connectivity index (χ4v) is 3.68. The van der Waals surface area contributed by atoms with E-state index in [-0.39, 0.29) is 24.5 Å². The molecule has 1 amide bonds. The Kier molecular flexibility index (Phi) is 6.72. The Morgan fingerprint density at radius 3 is 2.41 bits per heavy atom. The maximum Gasteiger partial charge on any atom is 0.223 e.